The van der Waals surface area contributed by atoms with E-state index in [2.05, 4.69) is 146 Å². The number of para-hydroxylation sites is 2. The molecule has 0 saturated carbocycles. The third-order valence-electron chi connectivity index (χ3n) is 10.4. The second-order valence-corrected chi connectivity index (χ2v) is 13.8. The number of nitrogens with zero attached hydrogens (tertiary/aromatic N) is 4. The summed E-state index contributed by atoms with van der Waals surface area (Å²) < 4.78 is 0. The average molecular weight is 715 g/mol. The van der Waals surface area contributed by atoms with Gasteiger partial charge in [0.15, 0.2) is 11.6 Å². The third kappa shape index (κ3) is 6.19. The molecule has 0 unspecified atom stereocenters. The van der Waals surface area contributed by atoms with Crippen molar-refractivity contribution < 1.29 is 0 Å². The summed E-state index contributed by atoms with van der Waals surface area (Å²) in [7, 11) is 0. The molecule has 56 heavy (non-hydrogen) atoms. The van der Waals surface area contributed by atoms with Gasteiger partial charge in [-0.05, 0) is 45.5 Å². The molecule has 10 aromatic rings. The van der Waals surface area contributed by atoms with E-state index in [1.165, 1.54) is 11.1 Å². The largest absolute Gasteiger partial charge is 0.228 e. The van der Waals surface area contributed by atoms with Crippen molar-refractivity contribution in [3.63, 3.8) is 0 Å². The zero-order valence-corrected chi connectivity index (χ0v) is 30.4. The first kappa shape index (κ1) is 33.0. The molecule has 0 fully saturated rings. The minimum absolute atomic E-state index is 0.710. The summed E-state index contributed by atoms with van der Waals surface area (Å²) in [6, 6.07) is 71.6. The molecule has 0 aliphatic rings. The smallest absolute Gasteiger partial charge is 0.160 e. The predicted octanol–water partition coefficient (Wildman–Crippen LogP) is 13.2. The molecule has 2 heterocycles. The van der Waals surface area contributed by atoms with Crippen LogP contribution < -0.4 is 0 Å². The highest BCUT2D eigenvalue weighted by Gasteiger charge is 2.16. The van der Waals surface area contributed by atoms with Gasteiger partial charge in [0, 0.05) is 33.0 Å². The lowest BCUT2D eigenvalue weighted by Crippen LogP contribution is -1.95. The van der Waals surface area contributed by atoms with Crippen LogP contribution in [0.4, 0.5) is 0 Å². The second-order valence-electron chi connectivity index (χ2n) is 13.8. The number of hydrogen-bond acceptors (Lipinski definition) is 4. The van der Waals surface area contributed by atoms with Crippen LogP contribution in [0.1, 0.15) is 0 Å². The Bertz CT molecular complexity index is 2790. The molecule has 4 heteroatoms. The van der Waals surface area contributed by atoms with Gasteiger partial charge in [-0.1, -0.05) is 194 Å². The molecule has 0 atom stereocenters. The molecule has 262 valence electrons. The molecule has 2 aromatic heterocycles. The Hall–Kier alpha value is -7.56. The zero-order chi connectivity index (χ0) is 37.3. The Labute approximate surface area is 325 Å². The van der Waals surface area contributed by atoms with Crippen LogP contribution >= 0.6 is 0 Å². The predicted molar refractivity (Wildman–Crippen MR) is 231 cm³/mol. The SMILES string of the molecule is c1ccc(-c2nc(-c3ccc(-c4ccccc4-c4ccccc4-c4ccc(-c5nc(-c6ccccc6)c6ccccc6n5)cc4)cc3)nc3ccccc23)cc1. The summed E-state index contributed by atoms with van der Waals surface area (Å²) >= 11 is 0. The van der Waals surface area contributed by atoms with E-state index >= 15 is 0 Å². The normalized spacial score (nSPS) is 11.2. The van der Waals surface area contributed by atoms with Gasteiger partial charge in [-0.15, -0.1) is 0 Å². The maximum absolute atomic E-state index is 5.09. The maximum Gasteiger partial charge on any atom is 0.160 e. The Morgan fingerprint density at radius 1 is 0.214 bits per heavy atom. The van der Waals surface area contributed by atoms with E-state index in [0.717, 1.165) is 77.7 Å². The van der Waals surface area contributed by atoms with Gasteiger partial charge < -0.3 is 0 Å². The first-order valence-corrected chi connectivity index (χ1v) is 18.8. The van der Waals surface area contributed by atoms with Crippen molar-refractivity contribution in [1.29, 1.82) is 0 Å². The van der Waals surface area contributed by atoms with E-state index < -0.39 is 0 Å². The van der Waals surface area contributed by atoms with Gasteiger partial charge in [0.25, 0.3) is 0 Å². The molecule has 0 aliphatic heterocycles. The molecule has 0 spiro atoms. The summed E-state index contributed by atoms with van der Waals surface area (Å²) in [6.07, 6.45) is 0. The molecular formula is C52H34N4. The Kier molecular flexibility index (Phi) is 8.47. The fraction of sp³-hybridized carbons (Fsp3) is 0. The van der Waals surface area contributed by atoms with E-state index in [1.54, 1.807) is 0 Å². The lowest BCUT2D eigenvalue weighted by molar-refractivity contribution is 1.23. The lowest BCUT2D eigenvalue weighted by atomic mass is 9.89. The van der Waals surface area contributed by atoms with Crippen LogP contribution in [0.3, 0.4) is 0 Å². The zero-order valence-electron chi connectivity index (χ0n) is 30.4. The van der Waals surface area contributed by atoms with Crippen LogP contribution in [0.2, 0.25) is 0 Å². The summed E-state index contributed by atoms with van der Waals surface area (Å²) in [5.41, 5.74) is 14.7. The van der Waals surface area contributed by atoms with Gasteiger partial charge in [0.1, 0.15) is 0 Å². The summed E-state index contributed by atoms with van der Waals surface area (Å²) in [5, 5.41) is 2.08. The van der Waals surface area contributed by atoms with Crippen LogP contribution in [0.5, 0.6) is 0 Å². The van der Waals surface area contributed by atoms with Crippen molar-refractivity contribution in [3.05, 3.63) is 206 Å². The molecule has 8 aromatic carbocycles. The van der Waals surface area contributed by atoms with Crippen molar-refractivity contribution >= 4 is 21.8 Å². The highest BCUT2D eigenvalue weighted by molar-refractivity contribution is 5.96. The fourth-order valence-electron chi connectivity index (χ4n) is 7.58. The Morgan fingerprint density at radius 3 is 0.946 bits per heavy atom. The molecule has 0 amide bonds. The molecule has 10 rings (SSSR count). The minimum atomic E-state index is 0.710. The van der Waals surface area contributed by atoms with E-state index in [9.17, 15) is 0 Å². The number of fused-ring (bicyclic) bond motifs is 2. The molecule has 0 aliphatic carbocycles. The average Bonchev–Trinajstić information content (AvgIpc) is 3.29. The summed E-state index contributed by atoms with van der Waals surface area (Å²) in [4.78, 5) is 20.1. The number of aromatic nitrogens is 4. The van der Waals surface area contributed by atoms with E-state index in [-0.39, 0.29) is 0 Å². The summed E-state index contributed by atoms with van der Waals surface area (Å²) in [6.45, 7) is 0. The van der Waals surface area contributed by atoms with Crippen molar-refractivity contribution in [2.24, 2.45) is 0 Å². The van der Waals surface area contributed by atoms with Gasteiger partial charge in [-0.25, -0.2) is 19.9 Å². The molecule has 0 radical (unpaired) electrons. The molecule has 0 N–H and O–H groups in total. The van der Waals surface area contributed by atoms with Gasteiger partial charge in [-0.2, -0.15) is 0 Å². The Balaban J connectivity index is 0.993. The van der Waals surface area contributed by atoms with Crippen LogP contribution in [-0.4, -0.2) is 19.9 Å². The van der Waals surface area contributed by atoms with E-state index in [4.69, 9.17) is 19.9 Å². The minimum Gasteiger partial charge on any atom is -0.228 e. The second kappa shape index (κ2) is 14.3. The molecule has 0 saturated heterocycles. The third-order valence-corrected chi connectivity index (χ3v) is 10.4. The van der Waals surface area contributed by atoms with Gasteiger partial charge in [-0.3, -0.25) is 0 Å². The van der Waals surface area contributed by atoms with Crippen molar-refractivity contribution in [1.82, 2.24) is 19.9 Å². The van der Waals surface area contributed by atoms with E-state index in [0.29, 0.717) is 11.6 Å². The van der Waals surface area contributed by atoms with Crippen molar-refractivity contribution in [2.45, 2.75) is 0 Å². The quantitative estimate of drug-likeness (QED) is 0.165. The first-order chi connectivity index (χ1) is 27.8. The van der Waals surface area contributed by atoms with Gasteiger partial charge >= 0.3 is 0 Å². The van der Waals surface area contributed by atoms with Crippen LogP contribution in [0.15, 0.2) is 206 Å². The van der Waals surface area contributed by atoms with Gasteiger partial charge in [0.05, 0.1) is 22.4 Å². The fourth-order valence-corrected chi connectivity index (χ4v) is 7.58. The monoisotopic (exact) mass is 714 g/mol. The lowest BCUT2D eigenvalue weighted by Gasteiger charge is -2.15. The molecule has 4 nitrogen and oxygen atoms in total. The van der Waals surface area contributed by atoms with Crippen molar-refractivity contribution in [2.75, 3.05) is 0 Å². The van der Waals surface area contributed by atoms with E-state index in [1.807, 2.05) is 60.7 Å². The topological polar surface area (TPSA) is 51.6 Å². The maximum atomic E-state index is 5.09. The van der Waals surface area contributed by atoms with Crippen LogP contribution in [-0.2, 0) is 0 Å². The van der Waals surface area contributed by atoms with Gasteiger partial charge in [0.2, 0.25) is 0 Å². The summed E-state index contributed by atoms with van der Waals surface area (Å²) in [5.74, 6) is 1.42. The molecule has 0 bridgehead atoms. The van der Waals surface area contributed by atoms with Crippen molar-refractivity contribution in [3.8, 4) is 78.7 Å². The number of rotatable bonds is 7. The molecular weight excluding hydrogens is 681 g/mol. The standard InChI is InChI=1S/C52H34N4/c1-3-15-37(16-4-1)49-45-23-11-13-25-47(45)53-51(55-49)39-31-27-35(28-32-39)41-19-7-9-21-43(41)44-22-10-8-20-42(44)36-29-33-40(34-30-36)52-54-48-26-14-12-24-46(48)50(56-52)38-17-5-2-6-18-38/h1-34H. The van der Waals surface area contributed by atoms with Crippen LogP contribution in [0.25, 0.3) is 100 Å². The first-order valence-electron chi connectivity index (χ1n) is 18.8. The Morgan fingerprint density at radius 2 is 0.536 bits per heavy atom. The number of benzene rings is 8. The highest BCUT2D eigenvalue weighted by Crippen LogP contribution is 2.39. The highest BCUT2D eigenvalue weighted by atomic mass is 14.9. The van der Waals surface area contributed by atoms with Crippen LogP contribution in [0, 0.1) is 0 Å². The number of hydrogen-bond donors (Lipinski definition) is 0.